The van der Waals surface area contributed by atoms with Crippen LogP contribution in [0.1, 0.15) is 29.5 Å². The molecule has 0 aromatic heterocycles. The Hall–Kier alpha value is -3.80. The Labute approximate surface area is 238 Å². The Morgan fingerprint density at radius 2 is 0.575 bits per heavy atom. The Kier molecular flexibility index (Phi) is 5.32. The third kappa shape index (κ3) is 3.00. The van der Waals surface area contributed by atoms with Gasteiger partial charge in [0.05, 0.1) is 0 Å². The standard InChI is InChI=1S/2C13H9.2C6H5.CH3.Zr/c2*1-3-7-12-10(5-1)9-11-6-2-4-8-13(11)12;2*1-2-4-6-5-3-1;;/h2*1-9H;2*1-5H;1H3;. The molecule has 0 N–H and O–H groups in total. The molecular weight excluding hydrogens is 560 g/mol. The van der Waals surface area contributed by atoms with Gasteiger partial charge in [-0.25, -0.2) is 0 Å². The minimum absolute atomic E-state index is 0.294. The van der Waals surface area contributed by atoms with Gasteiger partial charge in [0.15, 0.2) is 0 Å². The van der Waals surface area contributed by atoms with E-state index in [2.05, 4.69) is 162 Å². The van der Waals surface area contributed by atoms with Gasteiger partial charge in [0.2, 0.25) is 0 Å². The summed E-state index contributed by atoms with van der Waals surface area (Å²) in [6, 6.07) is 60.3. The average molecular weight is 591 g/mol. The van der Waals surface area contributed by atoms with Crippen LogP contribution in [0.25, 0.3) is 22.3 Å². The first kappa shape index (κ1) is 24.0. The van der Waals surface area contributed by atoms with Crippen molar-refractivity contribution >= 4 is 6.54 Å². The van der Waals surface area contributed by atoms with Gasteiger partial charge >= 0.3 is 239 Å². The molecule has 0 amide bonds. The van der Waals surface area contributed by atoms with Gasteiger partial charge < -0.3 is 0 Å². The van der Waals surface area contributed by atoms with Crippen molar-refractivity contribution in [2.45, 2.75) is 11.9 Å². The van der Waals surface area contributed by atoms with E-state index in [-0.39, 0.29) is 0 Å². The topological polar surface area (TPSA) is 0 Å². The quantitative estimate of drug-likeness (QED) is 0.192. The molecule has 2 aliphatic carbocycles. The van der Waals surface area contributed by atoms with Crippen molar-refractivity contribution in [3.8, 4) is 22.3 Å². The third-order valence-corrected chi connectivity index (χ3v) is 29.8. The molecule has 0 nitrogen and oxygen atoms in total. The predicted molar refractivity (Wildman–Crippen MR) is 165 cm³/mol. The van der Waals surface area contributed by atoms with E-state index in [1.54, 1.807) is 6.54 Å². The zero-order valence-electron chi connectivity index (χ0n) is 22.7. The van der Waals surface area contributed by atoms with E-state index >= 15 is 0 Å². The number of benzene rings is 6. The maximum absolute atomic E-state index is 4.63. The first-order valence-corrected chi connectivity index (χ1v) is 22.1. The Balaban J connectivity index is 1.62. The fourth-order valence-electron chi connectivity index (χ4n) is 8.68. The predicted octanol–water partition coefficient (Wildman–Crippen LogP) is 8.92. The molecule has 0 radical (unpaired) electrons. The molecule has 0 fully saturated rings. The molecule has 8 rings (SSSR count). The van der Waals surface area contributed by atoms with Crippen molar-refractivity contribution in [1.82, 2.24) is 0 Å². The van der Waals surface area contributed by atoms with Crippen LogP contribution in [0, 0.1) is 0 Å². The normalized spacial score (nSPS) is 15.0. The summed E-state index contributed by atoms with van der Waals surface area (Å²) < 4.78 is 6.45. The molecule has 40 heavy (non-hydrogen) atoms. The summed E-state index contributed by atoms with van der Waals surface area (Å²) in [7, 11) is 0. The van der Waals surface area contributed by atoms with Crippen molar-refractivity contribution in [1.29, 1.82) is 0 Å². The SMILES string of the molecule is [CH3][Zr]([c]1ccccc1)([c]1ccccc1)([CH]1c2ccccc2-c2ccccc21)[CH]1c2ccccc2-c2ccccc21. The van der Waals surface area contributed by atoms with E-state index < -0.39 is 18.8 Å². The van der Waals surface area contributed by atoms with Crippen LogP contribution >= 0.6 is 0 Å². The van der Waals surface area contributed by atoms with Gasteiger partial charge in [0.25, 0.3) is 0 Å². The molecule has 0 atom stereocenters. The van der Waals surface area contributed by atoms with Gasteiger partial charge in [-0.05, 0) is 0 Å². The van der Waals surface area contributed by atoms with Gasteiger partial charge in [0, 0.05) is 0 Å². The van der Waals surface area contributed by atoms with Crippen LogP contribution in [0.3, 0.4) is 0 Å². The fourth-order valence-corrected chi connectivity index (χ4v) is 29.2. The second kappa shape index (κ2) is 8.85. The van der Waals surface area contributed by atoms with Gasteiger partial charge in [-0.3, -0.25) is 0 Å². The van der Waals surface area contributed by atoms with Crippen LogP contribution in [0.15, 0.2) is 158 Å². The average Bonchev–Trinajstić information content (AvgIpc) is 3.56. The number of fused-ring (bicyclic) bond motifs is 6. The summed E-state index contributed by atoms with van der Waals surface area (Å²) in [5.74, 6) is 0. The monoisotopic (exact) mass is 589 g/mol. The number of hydrogen-bond acceptors (Lipinski definition) is 0. The molecule has 1 heteroatoms. The Morgan fingerprint density at radius 1 is 0.325 bits per heavy atom. The molecule has 0 heterocycles. The second-order valence-corrected chi connectivity index (χ2v) is 27.1. The first-order valence-electron chi connectivity index (χ1n) is 14.4. The molecule has 6 aromatic rings. The van der Waals surface area contributed by atoms with Crippen molar-refractivity contribution in [2.24, 2.45) is 0 Å². The van der Waals surface area contributed by atoms with Gasteiger partial charge in [-0.1, -0.05) is 0 Å². The maximum atomic E-state index is 2.78. The zero-order chi connectivity index (χ0) is 26.8. The number of hydrogen-bond donors (Lipinski definition) is 0. The molecule has 0 saturated carbocycles. The van der Waals surface area contributed by atoms with Crippen LogP contribution in [0.2, 0.25) is 4.63 Å². The summed E-state index contributed by atoms with van der Waals surface area (Å²) in [6.45, 7) is 0. The molecular formula is C39H31Zr. The van der Waals surface area contributed by atoms with E-state index in [4.69, 9.17) is 0 Å². The molecule has 0 bridgehead atoms. The van der Waals surface area contributed by atoms with Crippen LogP contribution < -0.4 is 6.54 Å². The summed E-state index contributed by atoms with van der Waals surface area (Å²) >= 11 is -4.63. The van der Waals surface area contributed by atoms with E-state index in [9.17, 15) is 0 Å². The summed E-state index contributed by atoms with van der Waals surface area (Å²) in [5, 5.41) is 0. The molecule has 191 valence electrons. The molecule has 0 unspecified atom stereocenters. The zero-order valence-corrected chi connectivity index (χ0v) is 25.1. The van der Waals surface area contributed by atoms with Gasteiger partial charge in [-0.2, -0.15) is 0 Å². The van der Waals surface area contributed by atoms with Crippen LogP contribution in [-0.4, -0.2) is 0 Å². The second-order valence-electron chi connectivity index (χ2n) is 11.9. The van der Waals surface area contributed by atoms with Crippen molar-refractivity contribution in [2.75, 3.05) is 0 Å². The summed E-state index contributed by atoms with van der Waals surface area (Å²) in [6.07, 6.45) is 0. The molecule has 6 aromatic carbocycles. The van der Waals surface area contributed by atoms with E-state index in [1.807, 2.05) is 0 Å². The van der Waals surface area contributed by atoms with E-state index in [1.165, 1.54) is 44.5 Å². The van der Waals surface area contributed by atoms with Crippen molar-refractivity contribution < 1.29 is 18.8 Å². The van der Waals surface area contributed by atoms with Crippen LogP contribution in [-0.2, 0) is 18.8 Å². The molecule has 0 aliphatic heterocycles. The van der Waals surface area contributed by atoms with Gasteiger partial charge in [-0.15, -0.1) is 0 Å². The summed E-state index contributed by atoms with van der Waals surface area (Å²) in [4.78, 5) is 0. The molecule has 2 aliphatic rings. The van der Waals surface area contributed by atoms with Crippen LogP contribution in [0.4, 0.5) is 0 Å². The van der Waals surface area contributed by atoms with E-state index in [0.717, 1.165) is 0 Å². The van der Waals surface area contributed by atoms with Gasteiger partial charge in [0.1, 0.15) is 0 Å². The Bertz CT molecular complexity index is 1660. The third-order valence-electron chi connectivity index (χ3n) is 10.2. The summed E-state index contributed by atoms with van der Waals surface area (Å²) in [5.41, 5.74) is 11.6. The molecule has 0 saturated heterocycles. The van der Waals surface area contributed by atoms with Crippen LogP contribution in [0.5, 0.6) is 0 Å². The van der Waals surface area contributed by atoms with Crippen molar-refractivity contribution in [3.05, 3.63) is 180 Å². The number of rotatable bonds is 4. The molecule has 0 spiro atoms. The fraction of sp³-hybridized carbons (Fsp3) is 0.0769. The minimum atomic E-state index is -4.63. The van der Waals surface area contributed by atoms with Crippen molar-refractivity contribution in [3.63, 3.8) is 0 Å². The Morgan fingerprint density at radius 3 is 0.875 bits per heavy atom. The van der Waals surface area contributed by atoms with E-state index in [0.29, 0.717) is 7.25 Å². The first-order chi connectivity index (χ1) is 19.7.